The average molecular weight is 309 g/mol. The molecule has 2 aromatic rings. The quantitative estimate of drug-likeness (QED) is 0.603. The Balaban J connectivity index is 1.82. The summed E-state index contributed by atoms with van der Waals surface area (Å²) in [6.45, 7) is 0. The molecule has 0 amide bonds. The van der Waals surface area contributed by atoms with Crippen LogP contribution in [0.4, 0.5) is 0 Å². The summed E-state index contributed by atoms with van der Waals surface area (Å²) in [6, 6.07) is 10.2. The first-order valence-corrected chi connectivity index (χ1v) is 8.49. The molecule has 0 saturated heterocycles. The number of Topliss-reactive ketones (excluding diaryl/α,β-unsaturated/α-hetero) is 1. The van der Waals surface area contributed by atoms with Gasteiger partial charge >= 0.3 is 0 Å². The molecule has 5 rings (SSSR count). The Morgan fingerprint density at radius 1 is 1.18 bits per heavy atom. The van der Waals surface area contributed by atoms with Crippen molar-refractivity contribution in [3.63, 3.8) is 0 Å². The molecule has 0 radical (unpaired) electrons. The highest BCUT2D eigenvalue weighted by atomic mass is 35.5. The largest absolute Gasteiger partial charge is 0.294 e. The number of fused-ring (bicyclic) bond motifs is 6. The summed E-state index contributed by atoms with van der Waals surface area (Å²) in [5.74, 6) is 1.60. The number of hydrogen-bond donors (Lipinski definition) is 0. The van der Waals surface area contributed by atoms with Gasteiger partial charge in [0, 0.05) is 27.8 Å². The first-order chi connectivity index (χ1) is 10.7. The van der Waals surface area contributed by atoms with Crippen LogP contribution in [0.15, 0.2) is 42.5 Å². The summed E-state index contributed by atoms with van der Waals surface area (Å²) in [7, 11) is 0. The molecule has 22 heavy (non-hydrogen) atoms. The Kier molecular flexibility index (Phi) is 2.48. The first-order valence-electron chi connectivity index (χ1n) is 8.12. The van der Waals surface area contributed by atoms with Crippen LogP contribution in [0.2, 0.25) is 5.02 Å². The molecule has 1 saturated carbocycles. The Labute approximate surface area is 135 Å². The predicted molar refractivity (Wildman–Crippen MR) is 89.6 cm³/mol. The molecule has 3 unspecified atom stereocenters. The van der Waals surface area contributed by atoms with Crippen LogP contribution < -0.4 is 0 Å². The van der Waals surface area contributed by atoms with Crippen molar-refractivity contribution in [2.24, 2.45) is 11.8 Å². The van der Waals surface area contributed by atoms with Gasteiger partial charge in [-0.15, -0.1) is 0 Å². The van der Waals surface area contributed by atoms with E-state index in [1.54, 1.807) is 0 Å². The normalized spacial score (nSPS) is 32.1. The SMILES string of the molecule is O=C1CCC2(CC3C=CC2C3)c2cc3c(Cl)cccc3cc21. The van der Waals surface area contributed by atoms with Gasteiger partial charge in [-0.25, -0.2) is 0 Å². The molecule has 0 heterocycles. The minimum Gasteiger partial charge on any atom is -0.294 e. The van der Waals surface area contributed by atoms with Crippen molar-refractivity contribution < 1.29 is 4.79 Å². The molecule has 1 spiro atoms. The van der Waals surface area contributed by atoms with Gasteiger partial charge in [-0.05, 0) is 60.2 Å². The number of ketones is 1. The van der Waals surface area contributed by atoms with Crippen molar-refractivity contribution in [3.05, 3.63) is 58.6 Å². The number of allylic oxidation sites excluding steroid dienone is 2. The van der Waals surface area contributed by atoms with Gasteiger partial charge in [0.05, 0.1) is 0 Å². The van der Waals surface area contributed by atoms with Crippen molar-refractivity contribution in [3.8, 4) is 0 Å². The van der Waals surface area contributed by atoms with E-state index in [9.17, 15) is 4.79 Å². The van der Waals surface area contributed by atoms with Crippen LogP contribution >= 0.6 is 11.6 Å². The lowest BCUT2D eigenvalue weighted by Crippen LogP contribution is -2.36. The number of carbonyl (C=O) groups excluding carboxylic acids is 1. The van der Waals surface area contributed by atoms with Crippen molar-refractivity contribution in [1.29, 1.82) is 0 Å². The number of halogens is 1. The van der Waals surface area contributed by atoms with Gasteiger partial charge in [0.15, 0.2) is 5.78 Å². The number of hydrogen-bond acceptors (Lipinski definition) is 1. The molecule has 0 aliphatic heterocycles. The van der Waals surface area contributed by atoms with Crippen LogP contribution in [-0.2, 0) is 5.41 Å². The second kappa shape index (κ2) is 4.23. The zero-order valence-corrected chi connectivity index (χ0v) is 13.1. The summed E-state index contributed by atoms with van der Waals surface area (Å²) in [5, 5.41) is 2.95. The molecule has 2 heteroatoms. The maximum absolute atomic E-state index is 12.5. The van der Waals surface area contributed by atoms with E-state index in [-0.39, 0.29) is 5.41 Å². The van der Waals surface area contributed by atoms with E-state index >= 15 is 0 Å². The average Bonchev–Trinajstić information content (AvgIpc) is 3.12. The summed E-state index contributed by atoms with van der Waals surface area (Å²) < 4.78 is 0. The van der Waals surface area contributed by atoms with E-state index in [0.29, 0.717) is 24.0 Å². The molecule has 2 aromatic carbocycles. The van der Waals surface area contributed by atoms with E-state index in [0.717, 1.165) is 27.8 Å². The molecule has 2 bridgehead atoms. The Morgan fingerprint density at radius 3 is 2.86 bits per heavy atom. The highest BCUT2D eigenvalue weighted by Gasteiger charge is 2.52. The number of benzene rings is 2. The second-order valence-electron chi connectivity index (χ2n) is 7.13. The van der Waals surface area contributed by atoms with Crippen molar-refractivity contribution >= 4 is 28.2 Å². The maximum Gasteiger partial charge on any atom is 0.163 e. The van der Waals surface area contributed by atoms with E-state index < -0.39 is 0 Å². The fourth-order valence-electron chi connectivity index (χ4n) is 5.09. The summed E-state index contributed by atoms with van der Waals surface area (Å²) in [5.41, 5.74) is 2.39. The number of rotatable bonds is 0. The van der Waals surface area contributed by atoms with Gasteiger partial charge < -0.3 is 0 Å². The highest BCUT2D eigenvalue weighted by molar-refractivity contribution is 6.35. The van der Waals surface area contributed by atoms with E-state index in [1.165, 1.54) is 18.4 Å². The Hall–Kier alpha value is -1.60. The van der Waals surface area contributed by atoms with Gasteiger partial charge in [0.1, 0.15) is 0 Å². The van der Waals surface area contributed by atoms with Crippen molar-refractivity contribution in [1.82, 2.24) is 0 Å². The zero-order valence-electron chi connectivity index (χ0n) is 12.3. The van der Waals surface area contributed by atoms with Crippen molar-refractivity contribution in [2.75, 3.05) is 0 Å². The topological polar surface area (TPSA) is 17.1 Å². The third-order valence-electron chi connectivity index (χ3n) is 6.11. The fraction of sp³-hybridized carbons (Fsp3) is 0.350. The standard InChI is InChI=1S/C20H17ClO/c21-18-3-1-2-13-9-16-17(10-15(13)18)20(7-6-19(16)22)11-12-4-5-14(20)8-12/h1-5,9-10,12,14H,6-8,11H2. The molecular formula is C20H17ClO. The van der Waals surface area contributed by atoms with Gasteiger partial charge in [-0.2, -0.15) is 0 Å². The monoisotopic (exact) mass is 308 g/mol. The zero-order chi connectivity index (χ0) is 14.9. The first kappa shape index (κ1) is 12.9. The minimum atomic E-state index is 0.177. The third-order valence-corrected chi connectivity index (χ3v) is 6.44. The summed E-state index contributed by atoms with van der Waals surface area (Å²) >= 11 is 6.41. The molecule has 0 aromatic heterocycles. The van der Waals surface area contributed by atoms with Crippen LogP contribution in [0.5, 0.6) is 0 Å². The summed E-state index contributed by atoms with van der Waals surface area (Å²) in [4.78, 5) is 12.5. The second-order valence-corrected chi connectivity index (χ2v) is 7.54. The van der Waals surface area contributed by atoms with Gasteiger partial charge in [0.2, 0.25) is 0 Å². The molecule has 0 N–H and O–H groups in total. The lowest BCUT2D eigenvalue weighted by atomic mass is 9.62. The molecule has 110 valence electrons. The van der Waals surface area contributed by atoms with Crippen LogP contribution in [0.25, 0.3) is 10.8 Å². The van der Waals surface area contributed by atoms with Crippen LogP contribution in [0.1, 0.15) is 41.6 Å². The molecule has 1 fully saturated rings. The lowest BCUT2D eigenvalue weighted by Gasteiger charge is -2.40. The smallest absolute Gasteiger partial charge is 0.163 e. The lowest BCUT2D eigenvalue weighted by molar-refractivity contribution is 0.0944. The van der Waals surface area contributed by atoms with Gasteiger partial charge in [-0.1, -0.05) is 35.9 Å². The van der Waals surface area contributed by atoms with Crippen LogP contribution in [0, 0.1) is 11.8 Å². The van der Waals surface area contributed by atoms with Crippen LogP contribution in [-0.4, -0.2) is 5.78 Å². The third kappa shape index (κ3) is 1.53. The molecule has 3 aliphatic rings. The number of carbonyl (C=O) groups is 1. The van der Waals surface area contributed by atoms with E-state index in [1.807, 2.05) is 12.1 Å². The molecular weight excluding hydrogens is 292 g/mol. The van der Waals surface area contributed by atoms with Crippen LogP contribution in [0.3, 0.4) is 0 Å². The predicted octanol–water partition coefficient (Wildman–Crippen LogP) is 5.30. The van der Waals surface area contributed by atoms with E-state index in [4.69, 9.17) is 11.6 Å². The van der Waals surface area contributed by atoms with Gasteiger partial charge in [-0.3, -0.25) is 4.79 Å². The Bertz CT molecular complexity index is 850. The summed E-state index contributed by atoms with van der Waals surface area (Å²) in [6.07, 6.45) is 8.92. The molecule has 3 aliphatic carbocycles. The van der Waals surface area contributed by atoms with Crippen molar-refractivity contribution in [2.45, 2.75) is 31.1 Å². The highest BCUT2D eigenvalue weighted by Crippen LogP contribution is 2.58. The van der Waals surface area contributed by atoms with Gasteiger partial charge in [0.25, 0.3) is 0 Å². The minimum absolute atomic E-state index is 0.177. The fourth-order valence-corrected chi connectivity index (χ4v) is 5.32. The Morgan fingerprint density at radius 2 is 2.09 bits per heavy atom. The molecule has 1 nitrogen and oxygen atoms in total. The maximum atomic E-state index is 12.5. The van der Waals surface area contributed by atoms with E-state index in [2.05, 4.69) is 30.4 Å². The molecule has 3 atom stereocenters.